The highest BCUT2D eigenvalue weighted by Crippen LogP contribution is 2.43. The molecule has 1 aliphatic heterocycles. The van der Waals surface area contributed by atoms with Gasteiger partial charge >= 0.3 is 0 Å². The maximum atomic E-state index is 5.51. The van der Waals surface area contributed by atoms with E-state index in [9.17, 15) is 0 Å². The quantitative estimate of drug-likeness (QED) is 0.182. The van der Waals surface area contributed by atoms with E-state index in [1.807, 2.05) is 6.07 Å². The minimum atomic E-state index is -0.627. The Morgan fingerprint density at radius 3 is 1.65 bits per heavy atom. The third-order valence-electron chi connectivity index (χ3n) is 12.8. The minimum absolute atomic E-state index is 0.627. The van der Waals surface area contributed by atoms with Gasteiger partial charge in [-0.3, -0.25) is 4.99 Å². The maximum absolute atomic E-state index is 5.51. The van der Waals surface area contributed by atoms with Gasteiger partial charge in [-0.25, -0.2) is 9.97 Å². The van der Waals surface area contributed by atoms with E-state index < -0.39 is 5.54 Å². The average Bonchev–Trinajstić information content (AvgIpc) is 3.35. The molecule has 0 fully saturated rings. The summed E-state index contributed by atoms with van der Waals surface area (Å²) in [5.41, 5.74) is 12.4. The van der Waals surface area contributed by atoms with Gasteiger partial charge in [0, 0.05) is 33.3 Å². The molecule has 10 aromatic carbocycles. The van der Waals surface area contributed by atoms with Crippen LogP contribution < -0.4 is 5.32 Å². The summed E-state index contributed by atoms with van der Waals surface area (Å²) in [4.78, 5) is 15.9. The van der Waals surface area contributed by atoms with Crippen LogP contribution in [0.4, 0.5) is 5.69 Å². The van der Waals surface area contributed by atoms with Crippen molar-refractivity contribution in [2.45, 2.75) is 12.5 Å². The number of benzene rings is 10. The van der Waals surface area contributed by atoms with E-state index >= 15 is 0 Å². The van der Waals surface area contributed by atoms with Crippen LogP contribution in [0.25, 0.3) is 88.1 Å². The number of amidine groups is 1. The van der Waals surface area contributed by atoms with Crippen LogP contribution in [0, 0.1) is 0 Å². The van der Waals surface area contributed by atoms with E-state index in [1.165, 1.54) is 43.8 Å². The molecule has 0 aliphatic carbocycles. The zero-order valence-corrected chi connectivity index (χ0v) is 34.6. The highest BCUT2D eigenvalue weighted by molar-refractivity contribution is 6.11. The molecule has 1 aliphatic rings. The number of rotatable bonds is 6. The maximum Gasteiger partial charge on any atom is 0.160 e. The lowest BCUT2D eigenvalue weighted by Crippen LogP contribution is -2.32. The van der Waals surface area contributed by atoms with Crippen LogP contribution in [0.15, 0.2) is 223 Å². The fraction of sp³-hybridized carbons (Fsp3) is 0.0339. The molecule has 1 atom stereocenters. The summed E-state index contributed by atoms with van der Waals surface area (Å²) in [6, 6.07) is 77.8. The van der Waals surface area contributed by atoms with Crippen molar-refractivity contribution < 1.29 is 0 Å². The van der Waals surface area contributed by atoms with E-state index in [0.717, 1.165) is 66.7 Å². The van der Waals surface area contributed by atoms with Crippen molar-refractivity contribution in [1.29, 1.82) is 0 Å². The fourth-order valence-corrected chi connectivity index (χ4v) is 9.50. The SMILES string of the molecule is CC1(c2ccc3cc(-c4nc(-c5ccc(-c6cccc7ccccc67)cc5)c5ccccc5n4)ccc3c2)N=C(c2ccc(-c3cccc4ccccc34)cc2)Nc2ccccc21. The van der Waals surface area contributed by atoms with Crippen molar-refractivity contribution >= 4 is 54.7 Å². The monoisotopic (exact) mass is 804 g/mol. The highest BCUT2D eigenvalue weighted by atomic mass is 15.1. The van der Waals surface area contributed by atoms with Gasteiger partial charge in [0.15, 0.2) is 5.82 Å². The molecule has 1 aromatic heterocycles. The molecule has 1 unspecified atom stereocenters. The van der Waals surface area contributed by atoms with Gasteiger partial charge in [0.2, 0.25) is 0 Å². The molecule has 2 heterocycles. The molecule has 63 heavy (non-hydrogen) atoms. The molecular formula is C59H40N4. The summed E-state index contributed by atoms with van der Waals surface area (Å²) in [6.07, 6.45) is 0. The van der Waals surface area contributed by atoms with E-state index in [4.69, 9.17) is 15.0 Å². The molecule has 1 N–H and O–H groups in total. The molecule has 4 nitrogen and oxygen atoms in total. The van der Waals surface area contributed by atoms with Gasteiger partial charge in [-0.05, 0) is 91.3 Å². The first-order chi connectivity index (χ1) is 31.1. The van der Waals surface area contributed by atoms with Crippen LogP contribution >= 0.6 is 0 Å². The van der Waals surface area contributed by atoms with Crippen molar-refractivity contribution in [3.63, 3.8) is 0 Å². The summed E-state index contributed by atoms with van der Waals surface area (Å²) in [6.45, 7) is 2.23. The first-order valence-electron chi connectivity index (χ1n) is 21.5. The summed E-state index contributed by atoms with van der Waals surface area (Å²) < 4.78 is 0. The highest BCUT2D eigenvalue weighted by Gasteiger charge is 2.35. The first-order valence-corrected chi connectivity index (χ1v) is 21.5. The molecule has 0 radical (unpaired) electrons. The van der Waals surface area contributed by atoms with Gasteiger partial charge in [-0.15, -0.1) is 0 Å². The molecule has 0 amide bonds. The number of anilines is 1. The van der Waals surface area contributed by atoms with Gasteiger partial charge in [0.05, 0.1) is 11.2 Å². The number of hydrogen-bond acceptors (Lipinski definition) is 4. The Bertz CT molecular complexity index is 3600. The lowest BCUT2D eigenvalue weighted by Gasteiger charge is -2.34. The summed E-state index contributed by atoms with van der Waals surface area (Å²) in [7, 11) is 0. The lowest BCUT2D eigenvalue weighted by atomic mass is 9.82. The van der Waals surface area contributed by atoms with Crippen molar-refractivity contribution in [2.75, 3.05) is 5.32 Å². The zero-order chi connectivity index (χ0) is 41.9. The zero-order valence-electron chi connectivity index (χ0n) is 34.6. The molecule has 0 saturated heterocycles. The van der Waals surface area contributed by atoms with Crippen molar-refractivity contribution in [3.05, 3.63) is 235 Å². The third-order valence-corrected chi connectivity index (χ3v) is 12.8. The number of aliphatic imine (C=N–C) groups is 1. The lowest BCUT2D eigenvalue weighted by molar-refractivity contribution is 0.604. The van der Waals surface area contributed by atoms with Crippen LogP contribution in [0.1, 0.15) is 23.6 Å². The standard InChI is InChI=1S/C59H40N4/c1-59(53-21-7-9-23-55(53)61-58(63-59)43-30-26-41(27-31-43)51-20-11-15-39-13-3-5-17-49(39)51)47-35-34-44-36-46(33-32-45(44)37-47)57-60-54-22-8-6-18-52(54)56(62-57)42-28-24-40(25-29-42)50-19-10-14-38-12-2-4-16-48(38)50/h2-37H,1H3,(H,61,63). The molecule has 0 bridgehead atoms. The van der Waals surface area contributed by atoms with Crippen molar-refractivity contribution in [2.24, 2.45) is 4.99 Å². The molecule has 0 spiro atoms. The van der Waals surface area contributed by atoms with Gasteiger partial charge in [0.25, 0.3) is 0 Å². The fourth-order valence-electron chi connectivity index (χ4n) is 9.50. The molecule has 296 valence electrons. The molecule has 0 saturated carbocycles. The normalized spacial score (nSPS) is 14.7. The minimum Gasteiger partial charge on any atom is -0.340 e. The summed E-state index contributed by atoms with van der Waals surface area (Å²) in [5.74, 6) is 1.55. The number of nitrogens with zero attached hydrogens (tertiary/aromatic N) is 3. The van der Waals surface area contributed by atoms with Gasteiger partial charge in [0.1, 0.15) is 11.4 Å². The van der Waals surface area contributed by atoms with E-state index in [2.05, 4.69) is 225 Å². The van der Waals surface area contributed by atoms with E-state index in [1.54, 1.807) is 0 Å². The summed E-state index contributed by atoms with van der Waals surface area (Å²) in [5, 5.41) is 11.9. The second-order valence-corrected chi connectivity index (χ2v) is 16.6. The Kier molecular flexibility index (Phi) is 8.58. The number of hydrogen-bond donors (Lipinski definition) is 1. The number of para-hydroxylation sites is 2. The summed E-state index contributed by atoms with van der Waals surface area (Å²) >= 11 is 0. The first kappa shape index (κ1) is 36.6. The van der Waals surface area contributed by atoms with Crippen LogP contribution in [0.3, 0.4) is 0 Å². The largest absolute Gasteiger partial charge is 0.340 e. The van der Waals surface area contributed by atoms with E-state index in [-0.39, 0.29) is 0 Å². The number of nitrogens with one attached hydrogen (secondary N) is 1. The second-order valence-electron chi connectivity index (χ2n) is 16.6. The third kappa shape index (κ3) is 6.35. The van der Waals surface area contributed by atoms with Crippen molar-refractivity contribution in [3.8, 4) is 44.9 Å². The smallest absolute Gasteiger partial charge is 0.160 e. The van der Waals surface area contributed by atoms with Gasteiger partial charge in [-0.1, -0.05) is 194 Å². The number of aromatic nitrogens is 2. The molecule has 12 rings (SSSR count). The predicted octanol–water partition coefficient (Wildman–Crippen LogP) is 14.9. The Morgan fingerprint density at radius 1 is 0.397 bits per heavy atom. The van der Waals surface area contributed by atoms with Gasteiger partial charge in [-0.2, -0.15) is 0 Å². The molecule has 4 heteroatoms. The Balaban J connectivity index is 0.889. The van der Waals surface area contributed by atoms with Crippen LogP contribution in [0.5, 0.6) is 0 Å². The van der Waals surface area contributed by atoms with Gasteiger partial charge < -0.3 is 5.32 Å². The topological polar surface area (TPSA) is 50.2 Å². The van der Waals surface area contributed by atoms with E-state index in [0.29, 0.717) is 5.82 Å². The predicted molar refractivity (Wildman–Crippen MR) is 263 cm³/mol. The van der Waals surface area contributed by atoms with Crippen LogP contribution in [0.2, 0.25) is 0 Å². The van der Waals surface area contributed by atoms with Crippen LogP contribution in [-0.4, -0.2) is 15.8 Å². The average molecular weight is 805 g/mol. The molecular weight excluding hydrogens is 765 g/mol. The van der Waals surface area contributed by atoms with Crippen molar-refractivity contribution in [1.82, 2.24) is 9.97 Å². The Morgan fingerprint density at radius 2 is 0.937 bits per heavy atom. The Labute approximate surface area is 365 Å². The number of fused-ring (bicyclic) bond motifs is 5. The molecule has 11 aromatic rings. The second kappa shape index (κ2) is 14.8. The van der Waals surface area contributed by atoms with Crippen LogP contribution in [-0.2, 0) is 5.54 Å². The Hall–Kier alpha value is -8.21.